The lowest BCUT2D eigenvalue weighted by molar-refractivity contribution is -0.144. The molecule has 0 aromatic heterocycles. The smallest absolute Gasteiger partial charge is 0.319 e. The van der Waals surface area contributed by atoms with Gasteiger partial charge in [0.2, 0.25) is 0 Å². The van der Waals surface area contributed by atoms with Gasteiger partial charge in [0.15, 0.2) is 0 Å². The van der Waals surface area contributed by atoms with Gasteiger partial charge in [0.25, 0.3) is 0 Å². The molecule has 5 nitrogen and oxygen atoms in total. The molecule has 0 saturated carbocycles. The van der Waals surface area contributed by atoms with Gasteiger partial charge in [0, 0.05) is 12.2 Å². The molecule has 0 unspecified atom stereocenters. The fraction of sp³-hybridized carbons (Fsp3) is 0.333. The second-order valence-electron chi connectivity index (χ2n) is 3.89. The summed E-state index contributed by atoms with van der Waals surface area (Å²) in [5, 5.41) is 4.88. The average Bonchev–Trinajstić information content (AvgIpc) is 2.39. The number of benzene rings is 1. The molecule has 1 rings (SSSR count). The average molecular weight is 289 g/mol. The summed E-state index contributed by atoms with van der Waals surface area (Å²) in [6.45, 7) is 1.76. The fourth-order valence-corrected chi connectivity index (χ4v) is 1.46. The molecule has 1 aromatic rings. The number of rotatable bonds is 4. The fourth-order valence-electron chi connectivity index (χ4n) is 1.28. The van der Waals surface area contributed by atoms with Crippen molar-refractivity contribution in [2.75, 3.05) is 19.0 Å². The van der Waals surface area contributed by atoms with Crippen LogP contribution in [0.15, 0.2) is 18.2 Å². The van der Waals surface area contributed by atoms with Crippen molar-refractivity contribution in [2.45, 2.75) is 6.92 Å². The second kappa shape index (κ2) is 6.94. The summed E-state index contributed by atoms with van der Waals surface area (Å²) >= 11 is 5.58. The highest BCUT2D eigenvalue weighted by atomic mass is 35.5. The van der Waals surface area contributed by atoms with E-state index in [4.69, 9.17) is 11.6 Å². The Balaban J connectivity index is 2.47. The first-order valence-corrected chi connectivity index (χ1v) is 5.89. The van der Waals surface area contributed by atoms with E-state index < -0.39 is 23.7 Å². The molecular weight excluding hydrogens is 275 g/mol. The highest BCUT2D eigenvalue weighted by Crippen LogP contribution is 2.19. The summed E-state index contributed by atoms with van der Waals surface area (Å²) in [5.41, 5.74) is 0.356. The van der Waals surface area contributed by atoms with Crippen molar-refractivity contribution in [2.24, 2.45) is 5.92 Å². The quantitative estimate of drug-likeness (QED) is 0.836. The number of ether oxygens (including phenoxy) is 1. The third-order valence-electron chi connectivity index (χ3n) is 2.35. The lowest BCUT2D eigenvalue weighted by atomic mass is 10.2. The molecule has 1 atom stereocenters. The lowest BCUT2D eigenvalue weighted by Crippen LogP contribution is -2.35. The normalized spacial score (nSPS) is 11.6. The molecule has 19 heavy (non-hydrogen) atoms. The first-order valence-electron chi connectivity index (χ1n) is 5.51. The van der Waals surface area contributed by atoms with Gasteiger partial charge >= 0.3 is 12.0 Å². The van der Waals surface area contributed by atoms with Crippen LogP contribution in [-0.4, -0.2) is 25.7 Å². The molecule has 0 saturated heterocycles. The monoisotopic (exact) mass is 288 g/mol. The Hall–Kier alpha value is -1.82. The maximum Gasteiger partial charge on any atom is 0.319 e. The van der Waals surface area contributed by atoms with Crippen molar-refractivity contribution in [3.05, 3.63) is 29.0 Å². The van der Waals surface area contributed by atoms with Crippen LogP contribution in [0.1, 0.15) is 6.92 Å². The van der Waals surface area contributed by atoms with E-state index in [1.54, 1.807) is 6.92 Å². The second-order valence-corrected chi connectivity index (χ2v) is 4.30. The van der Waals surface area contributed by atoms with Gasteiger partial charge in [-0.1, -0.05) is 18.5 Å². The minimum absolute atomic E-state index is 0.0827. The third-order valence-corrected chi connectivity index (χ3v) is 2.64. The van der Waals surface area contributed by atoms with Gasteiger partial charge < -0.3 is 15.4 Å². The summed E-state index contributed by atoms with van der Waals surface area (Å²) in [4.78, 5) is 22.6. The number of carbonyl (C=O) groups excluding carboxylic acids is 2. The summed E-state index contributed by atoms with van der Waals surface area (Å²) in [5.74, 6) is -1.43. The number of urea groups is 1. The zero-order chi connectivity index (χ0) is 14.4. The van der Waals surface area contributed by atoms with Crippen LogP contribution in [0.25, 0.3) is 0 Å². The number of esters is 1. The highest BCUT2D eigenvalue weighted by Gasteiger charge is 2.14. The molecule has 0 heterocycles. The number of amides is 2. The predicted octanol–water partition coefficient (Wildman–Crippen LogP) is 2.41. The predicted molar refractivity (Wildman–Crippen MR) is 69.6 cm³/mol. The zero-order valence-electron chi connectivity index (χ0n) is 10.5. The SMILES string of the molecule is COC(=O)[C@@H](C)CNC(=O)Nc1ccc(F)c(Cl)c1. The van der Waals surface area contributed by atoms with E-state index in [0.717, 1.165) is 6.07 Å². The van der Waals surface area contributed by atoms with E-state index in [-0.39, 0.29) is 11.6 Å². The molecule has 2 amide bonds. The number of anilines is 1. The molecule has 7 heteroatoms. The van der Waals surface area contributed by atoms with Crippen molar-refractivity contribution < 1.29 is 18.7 Å². The highest BCUT2D eigenvalue weighted by molar-refractivity contribution is 6.31. The van der Waals surface area contributed by atoms with E-state index in [2.05, 4.69) is 15.4 Å². The first kappa shape index (κ1) is 15.2. The lowest BCUT2D eigenvalue weighted by Gasteiger charge is -2.11. The van der Waals surface area contributed by atoms with Gasteiger partial charge in [0.05, 0.1) is 18.1 Å². The number of hydrogen-bond acceptors (Lipinski definition) is 3. The molecule has 0 spiro atoms. The number of methoxy groups -OCH3 is 1. The van der Waals surface area contributed by atoms with E-state index in [1.807, 2.05) is 0 Å². The van der Waals surface area contributed by atoms with Crippen LogP contribution >= 0.6 is 11.6 Å². The summed E-state index contributed by atoms with van der Waals surface area (Å²) < 4.78 is 17.4. The molecule has 0 aliphatic heterocycles. The Bertz CT molecular complexity index is 482. The summed E-state index contributed by atoms with van der Waals surface area (Å²) in [6, 6.07) is 3.30. The van der Waals surface area contributed by atoms with E-state index in [0.29, 0.717) is 5.69 Å². The van der Waals surface area contributed by atoms with E-state index >= 15 is 0 Å². The number of halogens is 2. The Morgan fingerprint density at radius 1 is 1.47 bits per heavy atom. The van der Waals surface area contributed by atoms with Gasteiger partial charge in [-0.25, -0.2) is 9.18 Å². The van der Waals surface area contributed by atoms with Crippen molar-refractivity contribution in [1.82, 2.24) is 5.32 Å². The summed E-state index contributed by atoms with van der Waals surface area (Å²) in [6.07, 6.45) is 0. The largest absolute Gasteiger partial charge is 0.469 e. The van der Waals surface area contributed by atoms with Crippen LogP contribution in [0.5, 0.6) is 0 Å². The number of hydrogen-bond donors (Lipinski definition) is 2. The Morgan fingerprint density at radius 2 is 2.16 bits per heavy atom. The topological polar surface area (TPSA) is 67.4 Å². The van der Waals surface area contributed by atoms with Crippen LogP contribution in [0, 0.1) is 11.7 Å². The third kappa shape index (κ3) is 4.75. The van der Waals surface area contributed by atoms with Crippen molar-refractivity contribution >= 4 is 29.3 Å². The molecule has 0 aliphatic rings. The zero-order valence-corrected chi connectivity index (χ0v) is 11.3. The van der Waals surface area contributed by atoms with Gasteiger partial charge in [-0.05, 0) is 18.2 Å². The molecule has 104 valence electrons. The van der Waals surface area contributed by atoms with Crippen LogP contribution in [0.2, 0.25) is 5.02 Å². The minimum atomic E-state index is -0.563. The van der Waals surface area contributed by atoms with Crippen LogP contribution in [0.3, 0.4) is 0 Å². The van der Waals surface area contributed by atoms with Crippen LogP contribution in [0.4, 0.5) is 14.9 Å². The molecule has 0 bridgehead atoms. The van der Waals surface area contributed by atoms with Crippen LogP contribution < -0.4 is 10.6 Å². The summed E-state index contributed by atoms with van der Waals surface area (Å²) in [7, 11) is 1.28. The van der Waals surface area contributed by atoms with Gasteiger partial charge in [0.1, 0.15) is 5.82 Å². The van der Waals surface area contributed by atoms with Crippen LogP contribution in [-0.2, 0) is 9.53 Å². The standard InChI is InChI=1S/C12H14ClFN2O3/c1-7(11(17)19-2)6-15-12(18)16-8-3-4-10(14)9(13)5-8/h3-5,7H,6H2,1-2H3,(H2,15,16,18)/t7-/m0/s1. The minimum Gasteiger partial charge on any atom is -0.469 e. The van der Waals surface area contributed by atoms with Gasteiger partial charge in [-0.3, -0.25) is 4.79 Å². The van der Waals surface area contributed by atoms with Gasteiger partial charge in [-0.15, -0.1) is 0 Å². The first-order chi connectivity index (χ1) is 8.93. The molecular formula is C12H14ClFN2O3. The van der Waals surface area contributed by atoms with Crippen molar-refractivity contribution in [3.63, 3.8) is 0 Å². The van der Waals surface area contributed by atoms with Gasteiger partial charge in [-0.2, -0.15) is 0 Å². The van der Waals surface area contributed by atoms with Crippen molar-refractivity contribution in [3.8, 4) is 0 Å². The van der Waals surface area contributed by atoms with Crippen molar-refractivity contribution in [1.29, 1.82) is 0 Å². The van der Waals surface area contributed by atoms with E-state index in [9.17, 15) is 14.0 Å². The maximum absolute atomic E-state index is 12.9. The Labute approximate surface area is 115 Å². The maximum atomic E-state index is 12.9. The number of nitrogens with one attached hydrogen (secondary N) is 2. The number of carbonyl (C=O) groups is 2. The Morgan fingerprint density at radius 3 is 2.74 bits per heavy atom. The van der Waals surface area contributed by atoms with E-state index in [1.165, 1.54) is 19.2 Å². The molecule has 0 aliphatic carbocycles. The molecule has 0 radical (unpaired) electrons. The molecule has 1 aromatic carbocycles. The Kier molecular flexibility index (Phi) is 5.57. The molecule has 0 fully saturated rings. The molecule has 2 N–H and O–H groups in total.